The molecule has 2 nitrogen and oxygen atoms in total. The highest BCUT2D eigenvalue weighted by Gasteiger charge is 2.10. The number of hydrogen-bond acceptors (Lipinski definition) is 2. The van der Waals surface area contributed by atoms with E-state index in [2.05, 4.69) is 0 Å². The van der Waals surface area contributed by atoms with Gasteiger partial charge in [0.25, 0.3) is 0 Å². The topological polar surface area (TPSA) is 37.3 Å². The highest BCUT2D eigenvalue weighted by molar-refractivity contribution is 14.1. The van der Waals surface area contributed by atoms with Crippen molar-refractivity contribution in [2.45, 2.75) is 20.0 Å². The van der Waals surface area contributed by atoms with Crippen molar-refractivity contribution in [3.8, 4) is 0 Å². The van der Waals surface area contributed by atoms with Crippen molar-refractivity contribution >= 4 is 28.4 Å². The SMILES string of the molecule is C/C=C/C(O)/C(=C/I)C(C)=O. The van der Waals surface area contributed by atoms with Gasteiger partial charge in [-0.3, -0.25) is 4.79 Å². The van der Waals surface area contributed by atoms with Crippen molar-refractivity contribution in [1.29, 1.82) is 0 Å². The van der Waals surface area contributed by atoms with Gasteiger partial charge in [-0.2, -0.15) is 0 Å². The molecule has 0 spiro atoms. The molecule has 0 aliphatic rings. The fourth-order valence-corrected chi connectivity index (χ4v) is 1.44. The fourth-order valence-electron chi connectivity index (χ4n) is 0.636. The Morgan fingerprint density at radius 1 is 1.64 bits per heavy atom. The normalized spacial score (nSPS) is 15.5. The van der Waals surface area contributed by atoms with Gasteiger partial charge in [0.05, 0.1) is 0 Å². The van der Waals surface area contributed by atoms with Gasteiger partial charge in [-0.15, -0.1) is 0 Å². The molecule has 0 radical (unpaired) electrons. The highest BCUT2D eigenvalue weighted by atomic mass is 127. The van der Waals surface area contributed by atoms with Crippen LogP contribution in [0.3, 0.4) is 0 Å². The van der Waals surface area contributed by atoms with Gasteiger partial charge >= 0.3 is 0 Å². The van der Waals surface area contributed by atoms with Crippen molar-refractivity contribution < 1.29 is 9.90 Å². The largest absolute Gasteiger partial charge is 0.384 e. The van der Waals surface area contributed by atoms with Crippen LogP contribution in [0.4, 0.5) is 0 Å². The summed E-state index contributed by atoms with van der Waals surface area (Å²) in [5.41, 5.74) is 0.434. The lowest BCUT2D eigenvalue weighted by Gasteiger charge is -2.05. The number of halogens is 1. The van der Waals surface area contributed by atoms with Gasteiger partial charge in [0.2, 0.25) is 0 Å². The molecule has 1 N–H and O–H groups in total. The standard InChI is InChI=1S/C8H11IO2/c1-3-4-8(11)7(5-9)6(2)10/h3-5,8,11H,1-2H3/b4-3+,7-5+. The molecule has 0 aromatic heterocycles. The molecular weight excluding hydrogens is 255 g/mol. The summed E-state index contributed by atoms with van der Waals surface area (Å²) in [4.78, 5) is 10.8. The molecule has 3 heteroatoms. The van der Waals surface area contributed by atoms with E-state index in [1.807, 2.05) is 22.6 Å². The molecule has 62 valence electrons. The Kier molecular flexibility index (Phi) is 5.41. The van der Waals surface area contributed by atoms with Crippen LogP contribution in [0, 0.1) is 0 Å². The number of rotatable bonds is 3. The van der Waals surface area contributed by atoms with Crippen molar-refractivity contribution in [3.05, 3.63) is 21.8 Å². The van der Waals surface area contributed by atoms with Crippen LogP contribution >= 0.6 is 22.6 Å². The van der Waals surface area contributed by atoms with Crippen LogP contribution in [-0.2, 0) is 4.79 Å². The van der Waals surface area contributed by atoms with Gasteiger partial charge in [-0.25, -0.2) is 0 Å². The summed E-state index contributed by atoms with van der Waals surface area (Å²) in [5, 5.41) is 9.30. The second-order valence-corrected chi connectivity index (χ2v) is 2.71. The van der Waals surface area contributed by atoms with E-state index in [0.717, 1.165) is 0 Å². The van der Waals surface area contributed by atoms with E-state index in [0.29, 0.717) is 5.57 Å². The maximum absolute atomic E-state index is 10.8. The number of carbonyl (C=O) groups excluding carboxylic acids is 1. The molecule has 1 atom stereocenters. The Morgan fingerprint density at radius 2 is 2.18 bits per heavy atom. The molecule has 0 amide bonds. The molecule has 0 aromatic rings. The summed E-state index contributed by atoms with van der Waals surface area (Å²) < 4.78 is 1.60. The van der Waals surface area contributed by atoms with Crippen molar-refractivity contribution in [2.75, 3.05) is 0 Å². The fraction of sp³-hybridized carbons (Fsp3) is 0.375. The molecule has 0 heterocycles. The number of aliphatic hydroxyl groups excluding tert-OH is 1. The van der Waals surface area contributed by atoms with Crippen LogP contribution in [0.15, 0.2) is 21.8 Å². The van der Waals surface area contributed by atoms with Gasteiger partial charge < -0.3 is 5.11 Å². The summed E-state index contributed by atoms with van der Waals surface area (Å²) in [5.74, 6) is -0.0926. The smallest absolute Gasteiger partial charge is 0.159 e. The van der Waals surface area contributed by atoms with Gasteiger partial charge in [-0.05, 0) is 17.9 Å². The average molecular weight is 266 g/mol. The van der Waals surface area contributed by atoms with Crippen molar-refractivity contribution in [2.24, 2.45) is 0 Å². The van der Waals surface area contributed by atoms with Crippen LogP contribution in [0.5, 0.6) is 0 Å². The summed E-state index contributed by atoms with van der Waals surface area (Å²) in [6.07, 6.45) is 2.54. The Labute approximate surface area is 80.1 Å². The van der Waals surface area contributed by atoms with Crippen molar-refractivity contribution in [1.82, 2.24) is 0 Å². The first kappa shape index (κ1) is 10.8. The van der Waals surface area contributed by atoms with Crippen molar-refractivity contribution in [3.63, 3.8) is 0 Å². The molecule has 0 aromatic carbocycles. The molecule has 1 unspecified atom stereocenters. The third kappa shape index (κ3) is 3.67. The first-order valence-electron chi connectivity index (χ1n) is 3.25. The minimum Gasteiger partial charge on any atom is -0.384 e. The first-order valence-corrected chi connectivity index (χ1v) is 4.50. The van der Waals surface area contributed by atoms with Crippen LogP contribution in [0.25, 0.3) is 0 Å². The Balaban J connectivity index is 4.40. The second kappa shape index (κ2) is 5.49. The zero-order valence-corrected chi connectivity index (χ0v) is 8.70. The molecule has 0 fully saturated rings. The maximum Gasteiger partial charge on any atom is 0.159 e. The zero-order valence-electron chi connectivity index (χ0n) is 6.54. The lowest BCUT2D eigenvalue weighted by molar-refractivity contribution is -0.114. The summed E-state index contributed by atoms with van der Waals surface area (Å²) in [6.45, 7) is 3.24. The molecule has 0 saturated heterocycles. The third-order valence-corrected chi connectivity index (χ3v) is 1.89. The monoisotopic (exact) mass is 266 g/mol. The molecule has 0 aliphatic heterocycles. The number of hydrogen-bond donors (Lipinski definition) is 1. The Hall–Kier alpha value is -0.160. The van der Waals surface area contributed by atoms with Gasteiger partial charge in [0.15, 0.2) is 5.78 Å². The molecular formula is C8H11IO2. The molecule has 11 heavy (non-hydrogen) atoms. The Morgan fingerprint density at radius 3 is 2.45 bits per heavy atom. The maximum atomic E-state index is 10.8. The number of aliphatic hydroxyl groups is 1. The van der Waals surface area contributed by atoms with E-state index in [1.54, 1.807) is 23.2 Å². The number of Topliss-reactive ketones (excluding diaryl/α,β-unsaturated/α-hetero) is 1. The third-order valence-electron chi connectivity index (χ3n) is 1.22. The van der Waals surface area contributed by atoms with E-state index in [-0.39, 0.29) is 5.78 Å². The number of carbonyl (C=O) groups is 1. The summed E-state index contributed by atoms with van der Waals surface area (Å²) in [7, 11) is 0. The second-order valence-electron chi connectivity index (χ2n) is 2.09. The molecule has 0 aliphatic carbocycles. The highest BCUT2D eigenvalue weighted by Crippen LogP contribution is 2.08. The predicted molar refractivity (Wildman–Crippen MR) is 53.6 cm³/mol. The summed E-state index contributed by atoms with van der Waals surface area (Å²) in [6, 6.07) is 0. The van der Waals surface area contributed by atoms with Crippen LogP contribution in [0.1, 0.15) is 13.8 Å². The summed E-state index contributed by atoms with van der Waals surface area (Å²) >= 11 is 1.94. The minimum atomic E-state index is -0.755. The Bertz CT molecular complexity index is 194. The van der Waals surface area contributed by atoms with Crippen LogP contribution in [0.2, 0.25) is 0 Å². The quantitative estimate of drug-likeness (QED) is 0.480. The minimum absolute atomic E-state index is 0.0926. The van der Waals surface area contributed by atoms with E-state index in [1.165, 1.54) is 6.92 Å². The molecule has 0 bridgehead atoms. The van der Waals surface area contributed by atoms with Crippen LogP contribution in [-0.4, -0.2) is 17.0 Å². The van der Waals surface area contributed by atoms with E-state index in [4.69, 9.17) is 0 Å². The lowest BCUT2D eigenvalue weighted by atomic mass is 10.1. The van der Waals surface area contributed by atoms with E-state index >= 15 is 0 Å². The molecule has 0 saturated carbocycles. The van der Waals surface area contributed by atoms with Gasteiger partial charge in [0.1, 0.15) is 6.10 Å². The van der Waals surface area contributed by atoms with Gasteiger partial charge in [-0.1, -0.05) is 34.7 Å². The first-order chi connectivity index (χ1) is 5.13. The number of allylic oxidation sites excluding steroid dienone is 1. The molecule has 0 rings (SSSR count). The van der Waals surface area contributed by atoms with Crippen LogP contribution < -0.4 is 0 Å². The number of ketones is 1. The van der Waals surface area contributed by atoms with E-state index < -0.39 is 6.10 Å². The zero-order chi connectivity index (χ0) is 8.85. The average Bonchev–Trinajstić information content (AvgIpc) is 1.88. The van der Waals surface area contributed by atoms with E-state index in [9.17, 15) is 9.90 Å². The predicted octanol–water partition coefficient (Wildman–Crippen LogP) is 1.83. The van der Waals surface area contributed by atoms with Gasteiger partial charge in [0, 0.05) is 5.57 Å². The lowest BCUT2D eigenvalue weighted by Crippen LogP contribution is -2.12.